The van der Waals surface area contributed by atoms with Crippen molar-refractivity contribution >= 4 is 45.2 Å². The van der Waals surface area contributed by atoms with Gasteiger partial charge in [-0.3, -0.25) is 0 Å². The van der Waals surface area contributed by atoms with Gasteiger partial charge in [0.25, 0.3) is 0 Å². The van der Waals surface area contributed by atoms with Crippen LogP contribution in [0.15, 0.2) is 24.3 Å². The van der Waals surface area contributed by atoms with Gasteiger partial charge in [-0.05, 0) is 18.1 Å². The molecule has 1 rings (SSSR count). The Morgan fingerprint density at radius 2 is 1.80 bits per heavy atom. The second kappa shape index (κ2) is 3.90. The second-order valence-corrected chi connectivity index (χ2v) is 7.03. The third kappa shape index (κ3) is 2.08. The molecule has 0 aliphatic carbocycles. The summed E-state index contributed by atoms with van der Waals surface area (Å²) in [4.78, 5) is 0. The van der Waals surface area contributed by atoms with Crippen LogP contribution in [0.3, 0.4) is 0 Å². The molecule has 1 aromatic carbocycles. The van der Waals surface area contributed by atoms with Gasteiger partial charge in [-0.15, -0.1) is 0 Å². The van der Waals surface area contributed by atoms with Gasteiger partial charge in [0.2, 0.25) is 0 Å². The number of halogens is 2. The predicted molar refractivity (Wildman–Crippen MR) is 62.0 cm³/mol. The standard InChI is InChI=1S/C8H8I2/c1-6-4-2-3-5-7(6)8(9)10/h2-5,8H,1H3. The number of hydrogen-bond acceptors (Lipinski definition) is 0. The molecule has 0 atom stereocenters. The van der Waals surface area contributed by atoms with E-state index in [2.05, 4.69) is 76.4 Å². The van der Waals surface area contributed by atoms with E-state index >= 15 is 0 Å². The molecule has 10 heavy (non-hydrogen) atoms. The number of rotatable bonds is 1. The summed E-state index contributed by atoms with van der Waals surface area (Å²) in [5.74, 6) is 0. The molecule has 0 saturated carbocycles. The Kier molecular flexibility index (Phi) is 3.42. The molecule has 0 saturated heterocycles. The molecule has 2 heteroatoms. The van der Waals surface area contributed by atoms with E-state index in [9.17, 15) is 0 Å². The molecule has 1 aromatic rings. The zero-order chi connectivity index (χ0) is 7.56. The highest BCUT2D eigenvalue weighted by Gasteiger charge is 2.02. The molecule has 0 N–H and O–H groups in total. The van der Waals surface area contributed by atoms with Crippen LogP contribution in [-0.2, 0) is 0 Å². The number of hydrogen-bond donors (Lipinski definition) is 0. The van der Waals surface area contributed by atoms with Crippen molar-refractivity contribution in [1.82, 2.24) is 0 Å². The van der Waals surface area contributed by atoms with Crippen molar-refractivity contribution in [2.24, 2.45) is 0 Å². The first-order valence-corrected chi connectivity index (χ1v) is 5.54. The van der Waals surface area contributed by atoms with E-state index < -0.39 is 0 Å². The summed E-state index contributed by atoms with van der Waals surface area (Å²) in [6.07, 6.45) is 0. The molecule has 54 valence electrons. The molecule has 0 radical (unpaired) electrons. The maximum atomic E-state index is 2.42. The lowest BCUT2D eigenvalue weighted by Crippen LogP contribution is -1.83. The quantitative estimate of drug-likeness (QED) is 0.529. The first kappa shape index (κ1) is 8.77. The molecule has 0 aromatic heterocycles. The van der Waals surface area contributed by atoms with Crippen LogP contribution in [0.5, 0.6) is 0 Å². The SMILES string of the molecule is Cc1ccccc1C(I)I. The number of alkyl halides is 2. The summed E-state index contributed by atoms with van der Waals surface area (Å²) in [6, 6.07) is 8.50. The Labute approximate surface area is 88.7 Å². The number of aryl methyl sites for hydroxylation is 1. The minimum absolute atomic E-state index is 0.594. The van der Waals surface area contributed by atoms with Gasteiger partial charge in [0.1, 0.15) is 0 Å². The molecule has 0 aliphatic rings. The fourth-order valence-electron chi connectivity index (χ4n) is 0.832. The summed E-state index contributed by atoms with van der Waals surface area (Å²) in [7, 11) is 0. The summed E-state index contributed by atoms with van der Waals surface area (Å²) in [5.41, 5.74) is 2.82. The molecule has 0 fully saturated rings. The lowest BCUT2D eigenvalue weighted by Gasteiger charge is -2.04. The van der Waals surface area contributed by atoms with Crippen LogP contribution in [0.25, 0.3) is 0 Å². The van der Waals surface area contributed by atoms with E-state index in [-0.39, 0.29) is 0 Å². The van der Waals surface area contributed by atoms with E-state index in [4.69, 9.17) is 0 Å². The minimum atomic E-state index is 0.594. The fraction of sp³-hybridized carbons (Fsp3) is 0.250. The topological polar surface area (TPSA) is 0 Å². The van der Waals surface area contributed by atoms with E-state index in [0.29, 0.717) is 1.93 Å². The highest BCUT2D eigenvalue weighted by Crippen LogP contribution is 2.31. The molecular formula is C8H8I2. The smallest absolute Gasteiger partial charge is 0.0657 e. The lowest BCUT2D eigenvalue weighted by molar-refractivity contribution is 1.34. The Morgan fingerprint density at radius 3 is 2.20 bits per heavy atom. The van der Waals surface area contributed by atoms with Gasteiger partial charge in [0.05, 0.1) is 1.93 Å². The van der Waals surface area contributed by atoms with Crippen molar-refractivity contribution < 1.29 is 0 Å². The van der Waals surface area contributed by atoms with Gasteiger partial charge >= 0.3 is 0 Å². The lowest BCUT2D eigenvalue weighted by atomic mass is 10.1. The molecule has 0 aliphatic heterocycles. The third-order valence-electron chi connectivity index (χ3n) is 1.42. The van der Waals surface area contributed by atoms with Gasteiger partial charge in [0.15, 0.2) is 0 Å². The maximum absolute atomic E-state index is 2.42. The van der Waals surface area contributed by atoms with Gasteiger partial charge in [-0.1, -0.05) is 69.4 Å². The Balaban J connectivity index is 3.03. The average molecular weight is 358 g/mol. The van der Waals surface area contributed by atoms with Crippen LogP contribution in [-0.4, -0.2) is 0 Å². The average Bonchev–Trinajstić information content (AvgIpc) is 1.88. The summed E-state index contributed by atoms with van der Waals surface area (Å²) >= 11 is 4.84. The van der Waals surface area contributed by atoms with Gasteiger partial charge in [-0.25, -0.2) is 0 Å². The van der Waals surface area contributed by atoms with E-state index in [1.165, 1.54) is 11.1 Å². The van der Waals surface area contributed by atoms with Crippen molar-refractivity contribution in [3.05, 3.63) is 35.4 Å². The predicted octanol–water partition coefficient (Wildman–Crippen LogP) is 3.86. The van der Waals surface area contributed by atoms with Crippen LogP contribution in [0.4, 0.5) is 0 Å². The molecule has 0 heterocycles. The van der Waals surface area contributed by atoms with E-state index in [0.717, 1.165) is 0 Å². The summed E-state index contributed by atoms with van der Waals surface area (Å²) in [6.45, 7) is 2.15. The van der Waals surface area contributed by atoms with Gasteiger partial charge < -0.3 is 0 Å². The maximum Gasteiger partial charge on any atom is 0.0877 e. The van der Waals surface area contributed by atoms with Crippen LogP contribution < -0.4 is 0 Å². The van der Waals surface area contributed by atoms with Crippen LogP contribution in [0.1, 0.15) is 13.1 Å². The van der Waals surface area contributed by atoms with Gasteiger partial charge in [-0.2, -0.15) is 0 Å². The molecule has 0 unspecified atom stereocenters. The summed E-state index contributed by atoms with van der Waals surface area (Å²) < 4.78 is 0.594. The first-order chi connectivity index (χ1) is 4.72. The monoisotopic (exact) mass is 358 g/mol. The van der Waals surface area contributed by atoms with Crippen molar-refractivity contribution in [2.45, 2.75) is 8.86 Å². The zero-order valence-electron chi connectivity index (χ0n) is 5.64. The molecule has 0 nitrogen and oxygen atoms in total. The minimum Gasteiger partial charge on any atom is -0.0657 e. The van der Waals surface area contributed by atoms with Crippen LogP contribution in [0.2, 0.25) is 0 Å². The first-order valence-electron chi connectivity index (χ1n) is 3.05. The molecule has 0 amide bonds. The fourth-order valence-corrected chi connectivity index (χ4v) is 2.23. The Hall–Kier alpha value is 0.680. The van der Waals surface area contributed by atoms with Crippen molar-refractivity contribution in [3.63, 3.8) is 0 Å². The third-order valence-corrected chi connectivity index (χ3v) is 2.77. The van der Waals surface area contributed by atoms with Gasteiger partial charge in [0, 0.05) is 0 Å². The van der Waals surface area contributed by atoms with Crippen molar-refractivity contribution in [3.8, 4) is 0 Å². The van der Waals surface area contributed by atoms with E-state index in [1.807, 2.05) is 0 Å². The van der Waals surface area contributed by atoms with Crippen LogP contribution >= 0.6 is 45.2 Å². The molecule has 0 spiro atoms. The Morgan fingerprint density at radius 1 is 1.20 bits per heavy atom. The van der Waals surface area contributed by atoms with E-state index in [1.54, 1.807) is 0 Å². The highest BCUT2D eigenvalue weighted by molar-refractivity contribution is 14.2. The van der Waals surface area contributed by atoms with Crippen molar-refractivity contribution in [1.29, 1.82) is 0 Å². The Bertz CT molecular complexity index is 218. The largest absolute Gasteiger partial charge is 0.0877 e. The van der Waals surface area contributed by atoms with Crippen molar-refractivity contribution in [2.75, 3.05) is 0 Å². The zero-order valence-corrected chi connectivity index (χ0v) is 9.96. The molecule has 0 bridgehead atoms. The molecular weight excluding hydrogens is 350 g/mol. The van der Waals surface area contributed by atoms with Crippen LogP contribution in [0, 0.1) is 6.92 Å². The normalized spacial score (nSPS) is 10.4. The number of benzene rings is 1. The second-order valence-electron chi connectivity index (χ2n) is 2.16. The summed E-state index contributed by atoms with van der Waals surface area (Å²) in [5, 5.41) is 0. The highest BCUT2D eigenvalue weighted by atomic mass is 127.